The number of benzene rings is 2. The number of hydrogen-bond acceptors (Lipinski definition) is 7. The Bertz CT molecular complexity index is 1190. The predicted molar refractivity (Wildman–Crippen MR) is 122 cm³/mol. The Hall–Kier alpha value is -3.94. The van der Waals surface area contributed by atoms with E-state index in [9.17, 15) is 10.5 Å². The molecule has 0 saturated carbocycles. The third-order valence-electron chi connectivity index (χ3n) is 5.52. The van der Waals surface area contributed by atoms with Crippen LogP contribution in [0.4, 0.5) is 5.82 Å². The monoisotopic (exact) mass is 424 g/mol. The van der Waals surface area contributed by atoms with Crippen LogP contribution in [0.15, 0.2) is 48.5 Å². The van der Waals surface area contributed by atoms with E-state index < -0.39 is 0 Å². The Morgan fingerprint density at radius 2 is 1.94 bits per heavy atom. The van der Waals surface area contributed by atoms with Crippen LogP contribution in [-0.2, 0) is 6.42 Å². The number of aromatic nitrogens is 2. The molecule has 0 amide bonds. The number of rotatable bonds is 6. The fourth-order valence-electron chi connectivity index (χ4n) is 3.94. The van der Waals surface area contributed by atoms with Gasteiger partial charge >= 0.3 is 0 Å². The van der Waals surface area contributed by atoms with Gasteiger partial charge in [-0.15, -0.1) is 0 Å². The fourth-order valence-corrected chi connectivity index (χ4v) is 3.94. The van der Waals surface area contributed by atoms with E-state index in [1.807, 2.05) is 35.2 Å². The third kappa shape index (κ3) is 4.54. The van der Waals surface area contributed by atoms with Gasteiger partial charge in [-0.3, -0.25) is 0 Å². The van der Waals surface area contributed by atoms with Crippen molar-refractivity contribution in [3.63, 3.8) is 0 Å². The van der Waals surface area contributed by atoms with E-state index in [-0.39, 0.29) is 6.04 Å². The summed E-state index contributed by atoms with van der Waals surface area (Å²) in [6.07, 6.45) is 2.59. The second kappa shape index (κ2) is 9.47. The summed E-state index contributed by atoms with van der Waals surface area (Å²) >= 11 is 0. The minimum atomic E-state index is -0.193. The molecule has 1 aliphatic rings. The number of nitrogens with two attached hydrogens (primary N) is 1. The molecule has 0 unspecified atom stereocenters. The average molecular weight is 425 g/mol. The van der Waals surface area contributed by atoms with Gasteiger partial charge in [0.2, 0.25) is 5.88 Å². The van der Waals surface area contributed by atoms with Crippen LogP contribution in [0, 0.1) is 29.6 Å². The molecule has 0 spiro atoms. The van der Waals surface area contributed by atoms with Crippen LogP contribution in [0.25, 0.3) is 11.1 Å². The van der Waals surface area contributed by atoms with E-state index in [0.29, 0.717) is 35.4 Å². The molecule has 7 nitrogen and oxygen atoms in total. The number of ether oxygens (including phenoxy) is 1. The van der Waals surface area contributed by atoms with Crippen LogP contribution in [0.5, 0.6) is 11.6 Å². The number of nitrogens with zero attached hydrogens (tertiary/aromatic N) is 5. The van der Waals surface area contributed by atoms with E-state index in [1.54, 1.807) is 25.1 Å². The van der Waals surface area contributed by atoms with Crippen molar-refractivity contribution in [2.24, 2.45) is 5.73 Å². The molecule has 4 rings (SSSR count). The molecule has 160 valence electrons. The Balaban J connectivity index is 1.70. The van der Waals surface area contributed by atoms with Gasteiger partial charge in [0, 0.05) is 18.2 Å². The predicted octanol–water partition coefficient (Wildman–Crippen LogP) is 4.11. The molecular weight excluding hydrogens is 400 g/mol. The maximum absolute atomic E-state index is 9.44. The summed E-state index contributed by atoms with van der Waals surface area (Å²) in [6.45, 7) is 3.18. The van der Waals surface area contributed by atoms with Crippen molar-refractivity contribution in [3.05, 3.63) is 65.5 Å². The van der Waals surface area contributed by atoms with E-state index >= 15 is 0 Å². The summed E-state index contributed by atoms with van der Waals surface area (Å²) in [7, 11) is 0. The second-order valence-electron chi connectivity index (χ2n) is 7.75. The maximum atomic E-state index is 9.44. The Kier molecular flexibility index (Phi) is 6.30. The van der Waals surface area contributed by atoms with Crippen molar-refractivity contribution in [2.45, 2.75) is 32.2 Å². The third-order valence-corrected chi connectivity index (χ3v) is 5.52. The zero-order chi connectivity index (χ0) is 22.5. The Morgan fingerprint density at radius 3 is 2.66 bits per heavy atom. The molecule has 2 heterocycles. The minimum Gasteiger partial charge on any atom is -0.438 e. The summed E-state index contributed by atoms with van der Waals surface area (Å²) in [5, 5.41) is 18.8. The first kappa shape index (κ1) is 21.3. The SMILES string of the molecule is Cc1nc(Oc2cc(C#N)ccc2-c2ccc(CCN)cc2)cc(N2CCC[C@H]2C#N)n1. The van der Waals surface area contributed by atoms with E-state index in [0.717, 1.165) is 36.9 Å². The van der Waals surface area contributed by atoms with Crippen molar-refractivity contribution < 1.29 is 4.74 Å². The van der Waals surface area contributed by atoms with Crippen LogP contribution < -0.4 is 15.4 Å². The summed E-state index contributed by atoms with van der Waals surface area (Å²) in [5.74, 6) is 2.16. The smallest absolute Gasteiger partial charge is 0.224 e. The van der Waals surface area contributed by atoms with E-state index in [1.165, 1.54) is 5.56 Å². The summed E-state index contributed by atoms with van der Waals surface area (Å²) in [4.78, 5) is 10.9. The van der Waals surface area contributed by atoms with Crippen molar-refractivity contribution in [3.8, 4) is 34.9 Å². The summed E-state index contributed by atoms with van der Waals surface area (Å²) < 4.78 is 6.20. The molecule has 0 radical (unpaired) electrons. The van der Waals surface area contributed by atoms with Crippen molar-refractivity contribution in [2.75, 3.05) is 18.0 Å². The highest BCUT2D eigenvalue weighted by atomic mass is 16.5. The molecule has 7 heteroatoms. The molecule has 1 atom stereocenters. The second-order valence-corrected chi connectivity index (χ2v) is 7.75. The van der Waals surface area contributed by atoms with Gasteiger partial charge in [0.05, 0.1) is 17.7 Å². The molecule has 3 aromatic rings. The zero-order valence-corrected chi connectivity index (χ0v) is 18.0. The summed E-state index contributed by atoms with van der Waals surface area (Å²) in [6, 6.07) is 19.6. The van der Waals surface area contributed by atoms with Crippen LogP contribution >= 0.6 is 0 Å². The maximum Gasteiger partial charge on any atom is 0.224 e. The lowest BCUT2D eigenvalue weighted by atomic mass is 10.0. The lowest BCUT2D eigenvalue weighted by Gasteiger charge is -2.21. The quantitative estimate of drug-likeness (QED) is 0.634. The van der Waals surface area contributed by atoms with Crippen LogP contribution in [0.3, 0.4) is 0 Å². The molecule has 0 bridgehead atoms. The fraction of sp³-hybridized carbons (Fsp3) is 0.280. The van der Waals surface area contributed by atoms with Crippen LogP contribution in [0.2, 0.25) is 0 Å². The van der Waals surface area contributed by atoms with Crippen molar-refractivity contribution >= 4 is 5.82 Å². The molecule has 1 saturated heterocycles. The van der Waals surface area contributed by atoms with Gasteiger partial charge in [0.25, 0.3) is 0 Å². The molecule has 0 aliphatic carbocycles. The normalized spacial score (nSPS) is 15.2. The Labute approximate surface area is 187 Å². The van der Waals surface area contributed by atoms with Gasteiger partial charge in [0.1, 0.15) is 23.4 Å². The highest BCUT2D eigenvalue weighted by molar-refractivity contribution is 5.72. The molecular formula is C25H24N6O. The molecule has 1 aliphatic heterocycles. The molecule has 1 aromatic heterocycles. The van der Waals surface area contributed by atoms with E-state index in [2.05, 4.69) is 22.1 Å². The number of anilines is 1. The first-order valence-electron chi connectivity index (χ1n) is 10.6. The van der Waals surface area contributed by atoms with Gasteiger partial charge in [-0.25, -0.2) is 4.98 Å². The number of hydrogen-bond donors (Lipinski definition) is 1. The Morgan fingerprint density at radius 1 is 1.12 bits per heavy atom. The van der Waals surface area contributed by atoms with Crippen molar-refractivity contribution in [1.82, 2.24) is 9.97 Å². The minimum absolute atomic E-state index is 0.193. The van der Waals surface area contributed by atoms with Crippen LogP contribution in [0.1, 0.15) is 29.8 Å². The lowest BCUT2D eigenvalue weighted by molar-refractivity contribution is 0.461. The number of aryl methyl sites for hydroxylation is 1. The van der Waals surface area contributed by atoms with Crippen LogP contribution in [-0.4, -0.2) is 29.1 Å². The van der Waals surface area contributed by atoms with Gasteiger partial charge in [-0.2, -0.15) is 15.5 Å². The van der Waals surface area contributed by atoms with E-state index in [4.69, 9.17) is 10.5 Å². The first-order valence-corrected chi connectivity index (χ1v) is 10.6. The molecule has 1 fully saturated rings. The highest BCUT2D eigenvalue weighted by Crippen LogP contribution is 2.35. The topological polar surface area (TPSA) is 112 Å². The standard InChI is InChI=1S/C25H24N6O/c1-17-29-24(31-12-2-3-21(31)16-28)14-25(30-17)32-23-13-19(15-27)6-9-22(23)20-7-4-18(5-8-20)10-11-26/h4-9,13-14,21H,2-3,10-12,26H2,1H3/t21-/m0/s1. The molecule has 2 N–H and O–H groups in total. The van der Waals surface area contributed by atoms with Gasteiger partial charge < -0.3 is 15.4 Å². The van der Waals surface area contributed by atoms with Gasteiger partial charge in [-0.05, 0) is 62.1 Å². The zero-order valence-electron chi connectivity index (χ0n) is 18.0. The van der Waals surface area contributed by atoms with Crippen molar-refractivity contribution in [1.29, 1.82) is 10.5 Å². The highest BCUT2D eigenvalue weighted by Gasteiger charge is 2.26. The average Bonchev–Trinajstić information content (AvgIpc) is 3.29. The molecule has 32 heavy (non-hydrogen) atoms. The van der Waals surface area contributed by atoms with Gasteiger partial charge in [0.15, 0.2) is 0 Å². The lowest BCUT2D eigenvalue weighted by Crippen LogP contribution is -2.28. The van der Waals surface area contributed by atoms with Gasteiger partial charge in [-0.1, -0.05) is 24.3 Å². The summed E-state index contributed by atoms with van der Waals surface area (Å²) in [5.41, 5.74) is 9.15. The molecule has 2 aromatic carbocycles. The number of nitriles is 2. The largest absolute Gasteiger partial charge is 0.438 e. The first-order chi connectivity index (χ1) is 15.6.